The van der Waals surface area contributed by atoms with E-state index >= 15 is 0 Å². The molecule has 0 aromatic heterocycles. The second-order valence-electron chi connectivity index (χ2n) is 3.49. The van der Waals surface area contributed by atoms with Crippen molar-refractivity contribution >= 4 is 17.7 Å². The van der Waals surface area contributed by atoms with Gasteiger partial charge in [0.05, 0.1) is 13.0 Å². The summed E-state index contributed by atoms with van der Waals surface area (Å²) >= 11 is 0. The maximum absolute atomic E-state index is 11.4. The van der Waals surface area contributed by atoms with Gasteiger partial charge in [-0.1, -0.05) is 6.07 Å². The summed E-state index contributed by atoms with van der Waals surface area (Å²) in [5, 5.41) is 13.5. The molecule has 0 aliphatic rings. The van der Waals surface area contributed by atoms with Crippen LogP contribution in [0.3, 0.4) is 0 Å². The molecule has 3 N–H and O–H groups in total. The van der Waals surface area contributed by atoms with Crippen LogP contribution in [0.5, 0.6) is 5.75 Å². The van der Waals surface area contributed by atoms with Gasteiger partial charge in [-0.25, -0.2) is 4.79 Å². The van der Waals surface area contributed by atoms with Crippen LogP contribution in [0.4, 0.5) is 10.5 Å². The van der Waals surface area contributed by atoms with E-state index in [1.807, 2.05) is 6.92 Å². The van der Waals surface area contributed by atoms with Crippen LogP contribution in [-0.2, 0) is 4.79 Å². The molecule has 0 aliphatic carbocycles. The quantitative estimate of drug-likeness (QED) is 0.718. The first-order valence-corrected chi connectivity index (χ1v) is 5.61. The van der Waals surface area contributed by atoms with Crippen molar-refractivity contribution in [1.82, 2.24) is 5.32 Å². The fourth-order valence-corrected chi connectivity index (χ4v) is 1.29. The Balaban J connectivity index is 2.43. The number of hydrogen-bond donors (Lipinski definition) is 3. The maximum atomic E-state index is 11.4. The van der Waals surface area contributed by atoms with Crippen LogP contribution in [0.15, 0.2) is 24.3 Å². The van der Waals surface area contributed by atoms with E-state index < -0.39 is 12.0 Å². The molecule has 18 heavy (non-hydrogen) atoms. The van der Waals surface area contributed by atoms with Crippen LogP contribution in [0, 0.1) is 0 Å². The van der Waals surface area contributed by atoms with E-state index in [4.69, 9.17) is 9.84 Å². The lowest BCUT2D eigenvalue weighted by atomic mass is 10.3. The number of benzene rings is 1. The number of urea groups is 1. The molecule has 0 heterocycles. The number of carboxylic acid groups (broad SMARTS) is 1. The molecule has 0 saturated heterocycles. The van der Waals surface area contributed by atoms with Crippen molar-refractivity contribution in [2.75, 3.05) is 18.5 Å². The normalized spacial score (nSPS) is 9.61. The minimum Gasteiger partial charge on any atom is -0.494 e. The van der Waals surface area contributed by atoms with Crippen LogP contribution in [-0.4, -0.2) is 30.3 Å². The van der Waals surface area contributed by atoms with Crippen molar-refractivity contribution in [3.8, 4) is 5.75 Å². The van der Waals surface area contributed by atoms with Gasteiger partial charge in [0.2, 0.25) is 0 Å². The minimum atomic E-state index is -0.950. The third-order valence-electron chi connectivity index (χ3n) is 2.03. The fraction of sp³-hybridized carbons (Fsp3) is 0.333. The van der Waals surface area contributed by atoms with E-state index in [0.29, 0.717) is 18.0 Å². The summed E-state index contributed by atoms with van der Waals surface area (Å²) in [6, 6.07) is 6.53. The molecular formula is C12H16N2O4. The highest BCUT2D eigenvalue weighted by molar-refractivity contribution is 5.89. The number of ether oxygens (including phenoxy) is 1. The third-order valence-corrected chi connectivity index (χ3v) is 2.03. The average molecular weight is 252 g/mol. The standard InChI is InChI=1S/C12H16N2O4/c1-2-18-10-5-3-4-9(8-10)14-12(17)13-7-6-11(15)16/h3-5,8H,2,6-7H2,1H3,(H,15,16)(H2,13,14,17). The zero-order valence-corrected chi connectivity index (χ0v) is 10.1. The van der Waals surface area contributed by atoms with Gasteiger partial charge in [-0.05, 0) is 19.1 Å². The van der Waals surface area contributed by atoms with E-state index in [1.165, 1.54) is 0 Å². The van der Waals surface area contributed by atoms with Crippen molar-refractivity contribution in [1.29, 1.82) is 0 Å². The molecule has 0 saturated carbocycles. The monoisotopic (exact) mass is 252 g/mol. The number of amides is 2. The summed E-state index contributed by atoms with van der Waals surface area (Å²) in [7, 11) is 0. The van der Waals surface area contributed by atoms with Crippen molar-refractivity contribution < 1.29 is 19.4 Å². The fourth-order valence-electron chi connectivity index (χ4n) is 1.29. The van der Waals surface area contributed by atoms with E-state index in [0.717, 1.165) is 0 Å². The summed E-state index contributed by atoms with van der Waals surface area (Å²) in [5.74, 6) is -0.283. The van der Waals surface area contributed by atoms with E-state index in [2.05, 4.69) is 10.6 Å². The second kappa shape index (κ2) is 7.16. The van der Waals surface area contributed by atoms with Gasteiger partial charge in [0.15, 0.2) is 0 Å². The molecule has 0 bridgehead atoms. The summed E-state index contributed by atoms with van der Waals surface area (Å²) < 4.78 is 5.29. The first-order chi connectivity index (χ1) is 8.61. The molecule has 1 rings (SSSR count). The molecule has 2 amide bonds. The lowest BCUT2D eigenvalue weighted by Gasteiger charge is -2.08. The highest BCUT2D eigenvalue weighted by atomic mass is 16.5. The Bertz CT molecular complexity index is 420. The molecule has 0 spiro atoms. The Morgan fingerprint density at radius 1 is 1.39 bits per heavy atom. The number of anilines is 1. The maximum Gasteiger partial charge on any atom is 0.319 e. The molecule has 1 aromatic rings. The molecule has 1 aromatic carbocycles. The van der Waals surface area contributed by atoms with Gasteiger partial charge in [0, 0.05) is 18.3 Å². The summed E-state index contributed by atoms with van der Waals surface area (Å²) in [4.78, 5) is 21.7. The van der Waals surface area contributed by atoms with Gasteiger partial charge in [-0.3, -0.25) is 4.79 Å². The SMILES string of the molecule is CCOc1cccc(NC(=O)NCCC(=O)O)c1. The smallest absolute Gasteiger partial charge is 0.319 e. The molecule has 98 valence electrons. The third kappa shape index (κ3) is 5.20. The van der Waals surface area contributed by atoms with Gasteiger partial charge in [0.1, 0.15) is 5.75 Å². The lowest BCUT2D eigenvalue weighted by Crippen LogP contribution is -2.30. The topological polar surface area (TPSA) is 87.7 Å². The second-order valence-corrected chi connectivity index (χ2v) is 3.49. The summed E-state index contributed by atoms with van der Waals surface area (Å²) in [6.45, 7) is 2.51. The number of hydrogen-bond acceptors (Lipinski definition) is 3. The molecule has 0 radical (unpaired) electrons. The average Bonchev–Trinajstić information content (AvgIpc) is 2.29. The predicted molar refractivity (Wildman–Crippen MR) is 66.9 cm³/mol. The minimum absolute atomic E-state index is 0.0896. The van der Waals surface area contributed by atoms with E-state index in [9.17, 15) is 9.59 Å². The number of rotatable bonds is 6. The Morgan fingerprint density at radius 3 is 2.83 bits per heavy atom. The predicted octanol–water partition coefficient (Wildman–Crippen LogP) is 1.68. The zero-order chi connectivity index (χ0) is 13.4. The van der Waals surface area contributed by atoms with Crippen LogP contribution in [0.25, 0.3) is 0 Å². The van der Waals surface area contributed by atoms with Crippen molar-refractivity contribution in [3.05, 3.63) is 24.3 Å². The molecule has 6 heteroatoms. The molecule has 0 atom stereocenters. The highest BCUT2D eigenvalue weighted by Gasteiger charge is 2.03. The van der Waals surface area contributed by atoms with Crippen molar-refractivity contribution in [3.63, 3.8) is 0 Å². The molecule has 0 fully saturated rings. The van der Waals surface area contributed by atoms with E-state index in [-0.39, 0.29) is 13.0 Å². The summed E-state index contributed by atoms with van der Waals surface area (Å²) in [6.07, 6.45) is -0.105. The Morgan fingerprint density at radius 2 is 2.17 bits per heavy atom. The highest BCUT2D eigenvalue weighted by Crippen LogP contribution is 2.16. The van der Waals surface area contributed by atoms with Gasteiger partial charge in [-0.15, -0.1) is 0 Å². The number of aliphatic carboxylic acids is 1. The van der Waals surface area contributed by atoms with Gasteiger partial charge >= 0.3 is 12.0 Å². The summed E-state index contributed by atoms with van der Waals surface area (Å²) in [5.41, 5.74) is 0.591. The first kappa shape index (κ1) is 13.8. The molecule has 0 aliphatic heterocycles. The largest absolute Gasteiger partial charge is 0.494 e. The Labute approximate surface area is 105 Å². The zero-order valence-electron chi connectivity index (χ0n) is 10.1. The van der Waals surface area contributed by atoms with Crippen molar-refractivity contribution in [2.24, 2.45) is 0 Å². The molecular weight excluding hydrogens is 236 g/mol. The van der Waals surface area contributed by atoms with Crippen LogP contribution in [0.2, 0.25) is 0 Å². The van der Waals surface area contributed by atoms with Crippen LogP contribution < -0.4 is 15.4 Å². The van der Waals surface area contributed by atoms with Gasteiger partial charge < -0.3 is 20.5 Å². The number of carbonyl (C=O) groups excluding carboxylic acids is 1. The first-order valence-electron chi connectivity index (χ1n) is 5.61. The lowest BCUT2D eigenvalue weighted by molar-refractivity contribution is -0.136. The van der Waals surface area contributed by atoms with Crippen molar-refractivity contribution in [2.45, 2.75) is 13.3 Å². The Hall–Kier alpha value is -2.24. The molecule has 0 unspecified atom stereocenters. The van der Waals surface area contributed by atoms with Gasteiger partial charge in [0.25, 0.3) is 0 Å². The Kier molecular flexibility index (Phi) is 5.50. The number of carboxylic acids is 1. The van der Waals surface area contributed by atoms with Gasteiger partial charge in [-0.2, -0.15) is 0 Å². The molecule has 6 nitrogen and oxygen atoms in total. The van der Waals surface area contributed by atoms with Crippen LogP contribution >= 0.6 is 0 Å². The van der Waals surface area contributed by atoms with E-state index in [1.54, 1.807) is 24.3 Å². The number of nitrogens with one attached hydrogen (secondary N) is 2. The number of carbonyl (C=O) groups is 2. The van der Waals surface area contributed by atoms with Crippen LogP contribution in [0.1, 0.15) is 13.3 Å².